The molecule has 0 spiro atoms. The Labute approximate surface area is 161 Å². The summed E-state index contributed by atoms with van der Waals surface area (Å²) in [4.78, 5) is 11.4. The standard InChI is InChI=1S/C19H26N4O2.ClH/c1-23(2)19-21-12-14(18(22-19)13-8-10-20-11-9-13)17-15(24-3)6-5-7-16(17)25-4;/h5-7,12-13,20H,8-11H2,1-4H3;1H. The molecule has 0 saturated carbocycles. The number of piperidine rings is 1. The first-order valence-electron chi connectivity index (χ1n) is 8.62. The van der Waals surface area contributed by atoms with E-state index in [-0.39, 0.29) is 12.4 Å². The Balaban J connectivity index is 0.00000243. The largest absolute Gasteiger partial charge is 0.496 e. The molecule has 1 saturated heterocycles. The summed E-state index contributed by atoms with van der Waals surface area (Å²) in [7, 11) is 7.28. The van der Waals surface area contributed by atoms with Gasteiger partial charge >= 0.3 is 0 Å². The number of methoxy groups -OCH3 is 2. The summed E-state index contributed by atoms with van der Waals surface area (Å²) in [6, 6.07) is 5.83. The number of aromatic nitrogens is 2. The molecule has 0 atom stereocenters. The van der Waals surface area contributed by atoms with E-state index in [4.69, 9.17) is 14.5 Å². The van der Waals surface area contributed by atoms with Crippen LogP contribution >= 0.6 is 12.4 Å². The van der Waals surface area contributed by atoms with Crippen LogP contribution in [-0.4, -0.2) is 51.4 Å². The predicted molar refractivity (Wildman–Crippen MR) is 107 cm³/mol. The first-order chi connectivity index (χ1) is 12.2. The lowest BCUT2D eigenvalue weighted by molar-refractivity contribution is 0.397. The molecular formula is C19H27ClN4O2. The summed E-state index contributed by atoms with van der Waals surface area (Å²) < 4.78 is 11.2. The van der Waals surface area contributed by atoms with Crippen LogP contribution in [0.3, 0.4) is 0 Å². The van der Waals surface area contributed by atoms with Crippen molar-refractivity contribution in [2.75, 3.05) is 46.3 Å². The fourth-order valence-electron chi connectivity index (χ4n) is 3.32. The quantitative estimate of drug-likeness (QED) is 0.862. The number of anilines is 1. The first-order valence-corrected chi connectivity index (χ1v) is 8.62. The van der Waals surface area contributed by atoms with Crippen LogP contribution in [0.2, 0.25) is 0 Å². The van der Waals surface area contributed by atoms with Gasteiger partial charge in [-0.05, 0) is 38.1 Å². The minimum Gasteiger partial charge on any atom is -0.496 e. The number of halogens is 1. The van der Waals surface area contributed by atoms with Crippen LogP contribution in [0, 0.1) is 0 Å². The van der Waals surface area contributed by atoms with Crippen molar-refractivity contribution in [2.24, 2.45) is 0 Å². The zero-order chi connectivity index (χ0) is 17.8. The molecule has 0 radical (unpaired) electrons. The molecule has 1 N–H and O–H groups in total. The van der Waals surface area contributed by atoms with Gasteiger partial charge in [-0.25, -0.2) is 9.97 Å². The SMILES string of the molecule is COc1cccc(OC)c1-c1cnc(N(C)C)nc1C1CCNCC1.Cl. The summed E-state index contributed by atoms with van der Waals surface area (Å²) in [6.07, 6.45) is 4.03. The number of nitrogens with one attached hydrogen (secondary N) is 1. The van der Waals surface area contributed by atoms with Crippen LogP contribution < -0.4 is 19.7 Å². The Bertz CT molecular complexity index is 711. The maximum absolute atomic E-state index is 5.60. The molecule has 2 heterocycles. The topological polar surface area (TPSA) is 59.5 Å². The van der Waals surface area contributed by atoms with Gasteiger partial charge in [0.1, 0.15) is 11.5 Å². The second kappa shape index (κ2) is 9.05. The van der Waals surface area contributed by atoms with Crippen molar-refractivity contribution in [2.45, 2.75) is 18.8 Å². The van der Waals surface area contributed by atoms with E-state index in [1.54, 1.807) is 14.2 Å². The van der Waals surface area contributed by atoms with Crippen molar-refractivity contribution in [3.05, 3.63) is 30.1 Å². The van der Waals surface area contributed by atoms with E-state index in [0.717, 1.165) is 60.2 Å². The summed E-state index contributed by atoms with van der Waals surface area (Å²) in [5.41, 5.74) is 2.99. The van der Waals surface area contributed by atoms with Crippen molar-refractivity contribution in [1.82, 2.24) is 15.3 Å². The Kier molecular flexibility index (Phi) is 7.06. The molecule has 0 amide bonds. The summed E-state index contributed by atoms with van der Waals surface area (Å²) in [5, 5.41) is 3.42. The molecule has 1 fully saturated rings. The maximum Gasteiger partial charge on any atom is 0.225 e. The molecule has 1 aromatic heterocycles. The van der Waals surface area contributed by atoms with Crippen molar-refractivity contribution in [3.63, 3.8) is 0 Å². The van der Waals surface area contributed by atoms with Gasteiger partial charge in [0.05, 0.1) is 25.5 Å². The molecule has 2 aromatic rings. The lowest BCUT2D eigenvalue weighted by Crippen LogP contribution is -2.28. The van der Waals surface area contributed by atoms with Gasteiger partial charge in [-0.3, -0.25) is 0 Å². The number of nitrogens with zero attached hydrogens (tertiary/aromatic N) is 3. The zero-order valence-electron chi connectivity index (χ0n) is 15.8. The number of hydrogen-bond acceptors (Lipinski definition) is 6. The smallest absolute Gasteiger partial charge is 0.225 e. The van der Waals surface area contributed by atoms with E-state index >= 15 is 0 Å². The van der Waals surface area contributed by atoms with E-state index in [0.29, 0.717) is 5.92 Å². The lowest BCUT2D eigenvalue weighted by atomic mass is 9.89. The van der Waals surface area contributed by atoms with Crippen LogP contribution in [0.4, 0.5) is 5.95 Å². The minimum atomic E-state index is 0. The van der Waals surface area contributed by atoms with Crippen molar-refractivity contribution < 1.29 is 9.47 Å². The van der Waals surface area contributed by atoms with Crippen LogP contribution in [-0.2, 0) is 0 Å². The minimum absolute atomic E-state index is 0. The van der Waals surface area contributed by atoms with E-state index in [9.17, 15) is 0 Å². The van der Waals surface area contributed by atoms with Crippen LogP contribution in [0.15, 0.2) is 24.4 Å². The van der Waals surface area contributed by atoms with E-state index < -0.39 is 0 Å². The van der Waals surface area contributed by atoms with Gasteiger partial charge in [-0.1, -0.05) is 6.07 Å². The highest BCUT2D eigenvalue weighted by atomic mass is 35.5. The number of hydrogen-bond donors (Lipinski definition) is 1. The molecule has 1 aromatic carbocycles. The highest BCUT2D eigenvalue weighted by Crippen LogP contribution is 2.42. The van der Waals surface area contributed by atoms with Gasteiger partial charge < -0.3 is 19.7 Å². The third kappa shape index (κ3) is 4.02. The Morgan fingerprint density at radius 2 is 1.69 bits per heavy atom. The second-order valence-corrected chi connectivity index (χ2v) is 6.43. The average molecular weight is 379 g/mol. The van der Waals surface area contributed by atoms with Crippen LogP contribution in [0.25, 0.3) is 11.1 Å². The number of ether oxygens (including phenoxy) is 2. The third-order valence-corrected chi connectivity index (χ3v) is 4.63. The van der Waals surface area contributed by atoms with Crippen LogP contribution in [0.1, 0.15) is 24.5 Å². The molecule has 6 nitrogen and oxygen atoms in total. The van der Waals surface area contributed by atoms with E-state index in [2.05, 4.69) is 10.3 Å². The fraction of sp³-hybridized carbons (Fsp3) is 0.474. The predicted octanol–water partition coefficient (Wildman–Crippen LogP) is 3.12. The van der Waals surface area contributed by atoms with E-state index in [1.165, 1.54) is 0 Å². The Morgan fingerprint density at radius 3 is 2.23 bits per heavy atom. The fourth-order valence-corrected chi connectivity index (χ4v) is 3.32. The molecule has 0 aliphatic carbocycles. The van der Waals surface area contributed by atoms with Gasteiger partial charge in [0.25, 0.3) is 0 Å². The Morgan fingerprint density at radius 1 is 1.08 bits per heavy atom. The van der Waals surface area contributed by atoms with Crippen LogP contribution in [0.5, 0.6) is 11.5 Å². The molecule has 0 bridgehead atoms. The van der Waals surface area contributed by atoms with E-state index in [1.807, 2.05) is 43.4 Å². The van der Waals surface area contributed by atoms with Gasteiger partial charge in [-0.15, -0.1) is 12.4 Å². The number of benzene rings is 1. The highest BCUT2D eigenvalue weighted by Gasteiger charge is 2.25. The zero-order valence-corrected chi connectivity index (χ0v) is 16.6. The summed E-state index contributed by atoms with van der Waals surface area (Å²) in [5.74, 6) is 2.67. The van der Waals surface area contributed by atoms with Gasteiger partial charge in [0.15, 0.2) is 0 Å². The van der Waals surface area contributed by atoms with Crippen molar-refractivity contribution in [1.29, 1.82) is 0 Å². The molecule has 26 heavy (non-hydrogen) atoms. The first kappa shape index (κ1) is 20.3. The normalized spacial score (nSPS) is 14.5. The monoisotopic (exact) mass is 378 g/mol. The summed E-state index contributed by atoms with van der Waals surface area (Å²) in [6.45, 7) is 2.02. The van der Waals surface area contributed by atoms with Gasteiger partial charge in [0.2, 0.25) is 5.95 Å². The Hall–Kier alpha value is -2.05. The molecule has 7 heteroatoms. The molecule has 1 aliphatic rings. The van der Waals surface area contributed by atoms with Gasteiger partial charge in [-0.2, -0.15) is 0 Å². The molecular weight excluding hydrogens is 352 g/mol. The lowest BCUT2D eigenvalue weighted by Gasteiger charge is -2.26. The molecule has 1 aliphatic heterocycles. The second-order valence-electron chi connectivity index (χ2n) is 6.43. The maximum atomic E-state index is 5.60. The highest BCUT2D eigenvalue weighted by molar-refractivity contribution is 5.85. The molecule has 142 valence electrons. The average Bonchev–Trinajstić information content (AvgIpc) is 2.67. The van der Waals surface area contributed by atoms with Crippen molar-refractivity contribution >= 4 is 18.4 Å². The van der Waals surface area contributed by atoms with Gasteiger partial charge in [0, 0.05) is 31.8 Å². The summed E-state index contributed by atoms with van der Waals surface area (Å²) >= 11 is 0. The van der Waals surface area contributed by atoms with Crippen molar-refractivity contribution in [3.8, 4) is 22.6 Å². The molecule has 0 unspecified atom stereocenters. The third-order valence-electron chi connectivity index (χ3n) is 4.63. The number of rotatable bonds is 5. The molecule has 3 rings (SSSR count).